The molecule has 0 spiro atoms. The topological polar surface area (TPSA) is 54.1 Å². The van der Waals surface area contributed by atoms with E-state index >= 15 is 0 Å². The second-order valence-electron chi connectivity index (χ2n) is 5.02. The molecule has 0 atom stereocenters. The van der Waals surface area contributed by atoms with Crippen LogP contribution >= 0.6 is 0 Å². The fourth-order valence-corrected chi connectivity index (χ4v) is 2.99. The summed E-state index contributed by atoms with van der Waals surface area (Å²) in [7, 11) is 0. The third-order valence-electron chi connectivity index (χ3n) is 3.96. The Morgan fingerprint density at radius 3 is 2.63 bits per heavy atom. The third kappa shape index (κ3) is 1.34. The third-order valence-corrected chi connectivity index (χ3v) is 3.96. The Labute approximate surface area is 110 Å². The van der Waals surface area contributed by atoms with E-state index in [0.717, 1.165) is 40.0 Å². The Balaban J connectivity index is 2.63. The molecular weight excluding hydrogens is 240 g/mol. The summed E-state index contributed by atoms with van der Waals surface area (Å²) in [4.78, 5) is 17.0. The van der Waals surface area contributed by atoms with Crippen molar-refractivity contribution in [2.75, 3.05) is 0 Å². The van der Waals surface area contributed by atoms with Crippen molar-refractivity contribution in [3.8, 4) is 5.88 Å². The molecule has 2 aromatic heterocycles. The maximum Gasteiger partial charge on any atom is 0.267 e. The number of aromatic hydroxyl groups is 1. The van der Waals surface area contributed by atoms with E-state index in [1.165, 1.54) is 4.40 Å². The number of fused-ring (bicyclic) bond motifs is 2. The van der Waals surface area contributed by atoms with Crippen LogP contribution in [0.25, 0.3) is 11.2 Å². The van der Waals surface area contributed by atoms with Gasteiger partial charge in [0.25, 0.3) is 5.56 Å². The molecule has 2 aromatic rings. The van der Waals surface area contributed by atoms with Crippen molar-refractivity contribution in [1.82, 2.24) is 4.40 Å². The van der Waals surface area contributed by atoms with Gasteiger partial charge < -0.3 is 5.11 Å². The van der Waals surface area contributed by atoms with Crippen molar-refractivity contribution >= 4 is 16.9 Å². The summed E-state index contributed by atoms with van der Waals surface area (Å²) >= 11 is 0. The van der Waals surface area contributed by atoms with Crippen molar-refractivity contribution in [1.29, 1.82) is 0 Å². The highest BCUT2D eigenvalue weighted by Gasteiger charge is 2.21. The van der Waals surface area contributed by atoms with Crippen LogP contribution in [-0.4, -0.2) is 15.2 Å². The van der Waals surface area contributed by atoms with E-state index < -0.39 is 0 Å². The van der Waals surface area contributed by atoms with Crippen LogP contribution in [0.4, 0.5) is 0 Å². The SMILES string of the molecule is CCc1c(C)c(O)n2c(=O)c3c(cc12)C(C)=NC=3C. The largest absolute Gasteiger partial charge is 0.494 e. The highest BCUT2D eigenvalue weighted by molar-refractivity contribution is 6.05. The average Bonchev–Trinajstić information content (AvgIpc) is 2.77. The number of pyridine rings is 1. The summed E-state index contributed by atoms with van der Waals surface area (Å²) in [6.07, 6.45) is 0.785. The quantitative estimate of drug-likeness (QED) is 0.841. The molecule has 0 bridgehead atoms. The first-order chi connectivity index (χ1) is 8.97. The molecule has 4 heteroatoms. The summed E-state index contributed by atoms with van der Waals surface area (Å²) in [5.41, 5.74) is 4.92. The number of aliphatic imine (C=N–C) groups is 1. The maximum absolute atomic E-state index is 12.6. The molecule has 0 saturated heterocycles. The molecule has 0 radical (unpaired) electrons. The van der Waals surface area contributed by atoms with Crippen molar-refractivity contribution in [3.63, 3.8) is 0 Å². The van der Waals surface area contributed by atoms with Crippen molar-refractivity contribution in [3.05, 3.63) is 38.3 Å². The van der Waals surface area contributed by atoms with Crippen LogP contribution < -0.4 is 10.8 Å². The van der Waals surface area contributed by atoms with Crippen molar-refractivity contribution < 1.29 is 5.11 Å². The molecule has 0 amide bonds. The molecule has 98 valence electrons. The second-order valence-corrected chi connectivity index (χ2v) is 5.02. The molecule has 4 nitrogen and oxygen atoms in total. The molecule has 1 aliphatic heterocycles. The fraction of sp³-hybridized carbons (Fsp3) is 0.333. The summed E-state index contributed by atoms with van der Waals surface area (Å²) in [6.45, 7) is 7.62. The zero-order chi connectivity index (χ0) is 13.9. The van der Waals surface area contributed by atoms with Gasteiger partial charge in [-0.15, -0.1) is 0 Å². The van der Waals surface area contributed by atoms with Crippen molar-refractivity contribution in [2.24, 2.45) is 4.99 Å². The Kier molecular flexibility index (Phi) is 2.33. The van der Waals surface area contributed by atoms with Gasteiger partial charge in [-0.05, 0) is 38.8 Å². The van der Waals surface area contributed by atoms with Crippen LogP contribution in [0.15, 0.2) is 15.9 Å². The van der Waals surface area contributed by atoms with E-state index in [9.17, 15) is 9.90 Å². The Morgan fingerprint density at radius 1 is 1.32 bits per heavy atom. The molecule has 0 saturated carbocycles. The Bertz CT molecular complexity index is 857. The average molecular weight is 256 g/mol. The first-order valence-electron chi connectivity index (χ1n) is 6.43. The van der Waals surface area contributed by atoms with Gasteiger partial charge in [-0.2, -0.15) is 0 Å². The zero-order valence-electron chi connectivity index (χ0n) is 11.5. The summed E-state index contributed by atoms with van der Waals surface area (Å²) in [6, 6.07) is 1.97. The Morgan fingerprint density at radius 2 is 2.00 bits per heavy atom. The number of nitrogens with zero attached hydrogens (tertiary/aromatic N) is 2. The van der Waals surface area contributed by atoms with E-state index in [-0.39, 0.29) is 11.4 Å². The molecule has 19 heavy (non-hydrogen) atoms. The highest BCUT2D eigenvalue weighted by atomic mass is 16.3. The van der Waals surface area contributed by atoms with E-state index in [1.807, 2.05) is 33.8 Å². The monoisotopic (exact) mass is 256 g/mol. The number of aromatic nitrogens is 1. The lowest BCUT2D eigenvalue weighted by atomic mass is 10.1. The predicted molar refractivity (Wildman–Crippen MR) is 76.0 cm³/mol. The van der Waals surface area contributed by atoms with E-state index in [1.54, 1.807) is 0 Å². The van der Waals surface area contributed by atoms with Gasteiger partial charge in [0, 0.05) is 16.8 Å². The minimum Gasteiger partial charge on any atom is -0.494 e. The molecular formula is C15H16N2O2. The lowest BCUT2D eigenvalue weighted by Crippen LogP contribution is -2.34. The summed E-state index contributed by atoms with van der Waals surface area (Å²) in [5.74, 6) is 0.0528. The lowest BCUT2D eigenvalue weighted by Gasteiger charge is -2.01. The smallest absolute Gasteiger partial charge is 0.267 e. The summed E-state index contributed by atoms with van der Waals surface area (Å²) in [5, 5.41) is 10.8. The van der Waals surface area contributed by atoms with Crippen LogP contribution in [0.5, 0.6) is 5.88 Å². The molecule has 1 N–H and O–H groups in total. The Hall–Kier alpha value is -2.10. The molecule has 0 unspecified atom stereocenters. The molecule has 0 aromatic carbocycles. The predicted octanol–water partition coefficient (Wildman–Crippen LogP) is 1.55. The lowest BCUT2D eigenvalue weighted by molar-refractivity contribution is 0.442. The molecule has 1 aliphatic rings. The zero-order valence-corrected chi connectivity index (χ0v) is 11.5. The van der Waals surface area contributed by atoms with Gasteiger partial charge >= 0.3 is 0 Å². The number of hydrogen-bond donors (Lipinski definition) is 1. The van der Waals surface area contributed by atoms with Gasteiger partial charge in [0.15, 0.2) is 0 Å². The van der Waals surface area contributed by atoms with Gasteiger partial charge in [-0.25, -0.2) is 4.40 Å². The van der Waals surface area contributed by atoms with Crippen LogP contribution in [0.1, 0.15) is 37.5 Å². The normalized spacial score (nSPS) is 14.1. The second kappa shape index (κ2) is 3.70. The maximum atomic E-state index is 12.6. The van der Waals surface area contributed by atoms with Gasteiger partial charge in [0.1, 0.15) is 0 Å². The van der Waals surface area contributed by atoms with Gasteiger partial charge in [0.2, 0.25) is 5.88 Å². The molecule has 3 rings (SSSR count). The first-order valence-corrected chi connectivity index (χ1v) is 6.43. The van der Waals surface area contributed by atoms with Crippen LogP contribution in [-0.2, 0) is 6.42 Å². The van der Waals surface area contributed by atoms with Gasteiger partial charge in [-0.1, -0.05) is 6.92 Å². The minimum absolute atomic E-state index is 0.0528. The standard InChI is InChI=1S/C15H16N2O2/c1-5-10-7(2)14(18)17-12(10)6-11-8(3)16-9(4)13(11)15(17)19/h6,18H,5H2,1-4H3. The minimum atomic E-state index is -0.175. The van der Waals surface area contributed by atoms with E-state index in [4.69, 9.17) is 0 Å². The number of rotatable bonds is 1. The van der Waals surface area contributed by atoms with Gasteiger partial charge in [0.05, 0.1) is 16.4 Å². The number of aryl methyl sites for hydroxylation is 1. The van der Waals surface area contributed by atoms with Crippen LogP contribution in [0, 0.1) is 6.92 Å². The molecule has 0 aliphatic carbocycles. The van der Waals surface area contributed by atoms with Crippen molar-refractivity contribution in [2.45, 2.75) is 34.1 Å². The summed E-state index contributed by atoms with van der Waals surface area (Å²) < 4.78 is 1.41. The van der Waals surface area contributed by atoms with Crippen LogP contribution in [0.3, 0.4) is 0 Å². The first kappa shape index (κ1) is 12.0. The number of hydrogen-bond acceptors (Lipinski definition) is 3. The van der Waals surface area contributed by atoms with Crippen LogP contribution in [0.2, 0.25) is 0 Å². The highest BCUT2D eigenvalue weighted by Crippen LogP contribution is 2.27. The van der Waals surface area contributed by atoms with E-state index in [2.05, 4.69) is 4.99 Å². The van der Waals surface area contributed by atoms with Gasteiger partial charge in [-0.3, -0.25) is 9.79 Å². The van der Waals surface area contributed by atoms with E-state index in [0.29, 0.717) is 5.22 Å². The fourth-order valence-electron chi connectivity index (χ4n) is 2.99. The molecule has 0 fully saturated rings. The molecule has 3 heterocycles.